The van der Waals surface area contributed by atoms with Gasteiger partial charge >= 0.3 is 0 Å². The van der Waals surface area contributed by atoms with E-state index in [0.29, 0.717) is 5.02 Å². The number of carbonyl (C=O) groups excluding carboxylic acids is 1. The number of hydrazone groups is 1. The molecular weight excluding hydrogens is 456 g/mol. The van der Waals surface area contributed by atoms with Gasteiger partial charge < -0.3 is 15.2 Å². The van der Waals surface area contributed by atoms with Crippen molar-refractivity contribution in [3.63, 3.8) is 0 Å². The standard InChI is InChI=1S/C24H27ClN6OS/c1-14-7-8-15(2)17(11-14)20-12-21-23-27-28-24(30(23)9-10-31(21)29-20)33-13-22(32)26-19-6-4-5-18(25)16(19)3/h4-11,20-21,23,27,29H,12-13H2,1-3H3,(H,26,32). The summed E-state index contributed by atoms with van der Waals surface area (Å²) in [5.41, 5.74) is 12.4. The van der Waals surface area contributed by atoms with E-state index in [2.05, 4.69) is 69.4 Å². The van der Waals surface area contributed by atoms with Gasteiger partial charge in [-0.15, -0.1) is 0 Å². The molecule has 0 aromatic heterocycles. The van der Waals surface area contributed by atoms with Gasteiger partial charge in [0.2, 0.25) is 5.91 Å². The zero-order chi connectivity index (χ0) is 23.1. The third-order valence-electron chi connectivity index (χ3n) is 6.39. The van der Waals surface area contributed by atoms with E-state index >= 15 is 0 Å². The van der Waals surface area contributed by atoms with Crippen LogP contribution in [0.25, 0.3) is 0 Å². The van der Waals surface area contributed by atoms with Gasteiger partial charge in [-0.05, 0) is 56.0 Å². The van der Waals surface area contributed by atoms with Gasteiger partial charge in [0.25, 0.3) is 0 Å². The van der Waals surface area contributed by atoms with E-state index < -0.39 is 0 Å². The summed E-state index contributed by atoms with van der Waals surface area (Å²) in [6, 6.07) is 12.6. The predicted octanol–water partition coefficient (Wildman–Crippen LogP) is 4.24. The van der Waals surface area contributed by atoms with E-state index in [1.165, 1.54) is 28.5 Å². The van der Waals surface area contributed by atoms with Gasteiger partial charge in [-0.1, -0.05) is 53.2 Å². The Morgan fingerprint density at radius 1 is 1.24 bits per heavy atom. The van der Waals surface area contributed by atoms with Gasteiger partial charge in [0.05, 0.1) is 17.8 Å². The monoisotopic (exact) mass is 482 g/mol. The largest absolute Gasteiger partial charge is 0.325 e. The molecule has 0 saturated carbocycles. The number of nitrogens with one attached hydrogen (secondary N) is 3. The Bertz CT molecular complexity index is 1150. The molecule has 9 heteroatoms. The molecule has 0 bridgehead atoms. The van der Waals surface area contributed by atoms with Crippen LogP contribution in [-0.2, 0) is 4.79 Å². The number of hydrazine groups is 1. The Morgan fingerprint density at radius 2 is 2.09 bits per heavy atom. The Hall–Kier alpha value is -2.68. The molecule has 5 rings (SSSR count). The van der Waals surface area contributed by atoms with E-state index in [1.807, 2.05) is 31.3 Å². The smallest absolute Gasteiger partial charge is 0.234 e. The minimum Gasteiger partial charge on any atom is -0.325 e. The third-order valence-corrected chi connectivity index (χ3v) is 7.77. The van der Waals surface area contributed by atoms with Gasteiger partial charge in [-0.3, -0.25) is 10.2 Å². The van der Waals surface area contributed by atoms with Crippen molar-refractivity contribution in [3.05, 3.63) is 76.1 Å². The van der Waals surface area contributed by atoms with E-state index in [0.717, 1.165) is 22.8 Å². The molecule has 1 amide bonds. The predicted molar refractivity (Wildman–Crippen MR) is 135 cm³/mol. The molecule has 3 atom stereocenters. The molecule has 1 fully saturated rings. The van der Waals surface area contributed by atoms with Crippen LogP contribution < -0.4 is 16.2 Å². The van der Waals surface area contributed by atoms with Crippen LogP contribution in [0, 0.1) is 20.8 Å². The summed E-state index contributed by atoms with van der Waals surface area (Å²) in [6.07, 6.45) is 5.07. The summed E-state index contributed by atoms with van der Waals surface area (Å²) in [4.78, 5) is 14.7. The maximum atomic E-state index is 12.5. The maximum absolute atomic E-state index is 12.5. The number of anilines is 1. The van der Waals surface area contributed by atoms with Crippen LogP contribution in [0.3, 0.4) is 0 Å². The maximum Gasteiger partial charge on any atom is 0.234 e. The number of rotatable bonds is 4. The molecule has 3 heterocycles. The lowest BCUT2D eigenvalue weighted by Gasteiger charge is -2.36. The lowest BCUT2D eigenvalue weighted by Crippen LogP contribution is -2.54. The summed E-state index contributed by atoms with van der Waals surface area (Å²) >= 11 is 7.58. The number of benzene rings is 2. The molecule has 3 aliphatic rings. The van der Waals surface area contributed by atoms with Gasteiger partial charge in [-0.25, -0.2) is 5.43 Å². The second-order valence-electron chi connectivity index (χ2n) is 8.68. The summed E-state index contributed by atoms with van der Waals surface area (Å²) < 4.78 is 0. The lowest BCUT2D eigenvalue weighted by molar-refractivity contribution is -0.113. The van der Waals surface area contributed by atoms with Crippen molar-refractivity contribution in [3.8, 4) is 0 Å². The second-order valence-corrected chi connectivity index (χ2v) is 10.0. The number of nitrogens with zero attached hydrogens (tertiary/aromatic N) is 3. The molecule has 3 N–H and O–H groups in total. The minimum atomic E-state index is -0.0864. The minimum absolute atomic E-state index is 0.0263. The summed E-state index contributed by atoms with van der Waals surface area (Å²) in [7, 11) is 0. The number of hydrogen-bond donors (Lipinski definition) is 3. The highest BCUT2D eigenvalue weighted by atomic mass is 35.5. The molecule has 2 aromatic rings. The first kappa shape index (κ1) is 22.1. The SMILES string of the molecule is Cc1ccc(C)c(C2CC3C4NN=C(SCC(=O)Nc5cccc(Cl)c5C)N4C=CN3N2)c1. The third kappa shape index (κ3) is 4.30. The number of aryl methyl sites for hydroxylation is 2. The first-order chi connectivity index (χ1) is 15.9. The number of amidine groups is 1. The van der Waals surface area contributed by atoms with E-state index in [1.54, 1.807) is 0 Å². The molecule has 0 spiro atoms. The fourth-order valence-corrected chi connectivity index (χ4v) is 5.50. The molecule has 7 nitrogen and oxygen atoms in total. The average Bonchev–Trinajstić information content (AvgIpc) is 3.41. The molecule has 0 radical (unpaired) electrons. The van der Waals surface area contributed by atoms with Crippen molar-refractivity contribution in [2.24, 2.45) is 5.10 Å². The van der Waals surface area contributed by atoms with Gasteiger partial charge in [-0.2, -0.15) is 5.10 Å². The first-order valence-electron chi connectivity index (χ1n) is 11.0. The van der Waals surface area contributed by atoms with Crippen molar-refractivity contribution < 1.29 is 4.79 Å². The Kier molecular flexibility index (Phi) is 5.99. The Labute approximate surface area is 203 Å². The first-order valence-corrected chi connectivity index (χ1v) is 12.4. The highest BCUT2D eigenvalue weighted by molar-refractivity contribution is 8.14. The van der Waals surface area contributed by atoms with Crippen LogP contribution in [0.5, 0.6) is 0 Å². The van der Waals surface area contributed by atoms with E-state index in [4.69, 9.17) is 11.6 Å². The average molecular weight is 483 g/mol. The van der Waals surface area contributed by atoms with Crippen LogP contribution in [0.4, 0.5) is 5.69 Å². The molecular formula is C24H27ClN6OS. The number of fused-ring (bicyclic) bond motifs is 3. The van der Waals surface area contributed by atoms with Gasteiger partial charge in [0, 0.05) is 23.1 Å². The Balaban J connectivity index is 1.21. The van der Waals surface area contributed by atoms with Gasteiger partial charge in [0.15, 0.2) is 5.17 Å². The normalized spacial score (nSPS) is 23.2. The summed E-state index contributed by atoms with van der Waals surface area (Å²) in [6.45, 7) is 6.19. The quantitative estimate of drug-likeness (QED) is 0.605. The zero-order valence-electron chi connectivity index (χ0n) is 18.8. The van der Waals surface area contributed by atoms with E-state index in [9.17, 15) is 4.79 Å². The fourth-order valence-electron chi connectivity index (χ4n) is 4.55. The van der Waals surface area contributed by atoms with E-state index in [-0.39, 0.29) is 29.9 Å². The Morgan fingerprint density at radius 3 is 2.94 bits per heavy atom. The number of thioether (sulfide) groups is 1. The van der Waals surface area contributed by atoms with Gasteiger partial charge in [0.1, 0.15) is 6.17 Å². The van der Waals surface area contributed by atoms with Crippen LogP contribution >= 0.6 is 23.4 Å². The molecule has 33 heavy (non-hydrogen) atoms. The molecule has 0 aliphatic carbocycles. The molecule has 3 unspecified atom stereocenters. The van der Waals surface area contributed by atoms with Crippen LogP contribution in [-0.4, -0.2) is 38.9 Å². The van der Waals surface area contributed by atoms with Crippen molar-refractivity contribution in [1.82, 2.24) is 20.8 Å². The molecule has 2 aromatic carbocycles. The second kappa shape index (κ2) is 8.93. The molecule has 172 valence electrons. The van der Waals surface area contributed by atoms with Crippen molar-refractivity contribution in [1.29, 1.82) is 0 Å². The zero-order valence-corrected chi connectivity index (χ0v) is 20.4. The lowest BCUT2D eigenvalue weighted by atomic mass is 9.95. The summed E-state index contributed by atoms with van der Waals surface area (Å²) in [5, 5.41) is 11.1. The van der Waals surface area contributed by atoms with Crippen LogP contribution in [0.15, 0.2) is 53.9 Å². The molecule has 3 aliphatic heterocycles. The van der Waals surface area contributed by atoms with Crippen molar-refractivity contribution >= 4 is 40.1 Å². The van der Waals surface area contributed by atoms with Crippen LogP contribution in [0.2, 0.25) is 5.02 Å². The summed E-state index contributed by atoms with van der Waals surface area (Å²) in [5.74, 6) is 0.179. The highest BCUT2D eigenvalue weighted by Gasteiger charge is 2.44. The van der Waals surface area contributed by atoms with Crippen molar-refractivity contribution in [2.45, 2.75) is 45.4 Å². The topological polar surface area (TPSA) is 72.0 Å². The number of hydrogen-bond acceptors (Lipinski definition) is 7. The number of amides is 1. The highest BCUT2D eigenvalue weighted by Crippen LogP contribution is 2.36. The van der Waals surface area contributed by atoms with Crippen molar-refractivity contribution in [2.75, 3.05) is 11.1 Å². The fraction of sp³-hybridized carbons (Fsp3) is 0.333. The number of carbonyl (C=O) groups is 1. The van der Waals surface area contributed by atoms with Crippen LogP contribution in [0.1, 0.15) is 34.7 Å². The number of halogens is 1. The molecule has 1 saturated heterocycles.